The Morgan fingerprint density at radius 2 is 2.00 bits per heavy atom. The van der Waals surface area contributed by atoms with E-state index in [0.29, 0.717) is 18.0 Å². The summed E-state index contributed by atoms with van der Waals surface area (Å²) in [4.78, 5) is 42.4. The predicted molar refractivity (Wildman–Crippen MR) is 118 cm³/mol. The molecule has 0 spiro atoms. The third-order valence-electron chi connectivity index (χ3n) is 6.11. The molecule has 3 heterocycles. The van der Waals surface area contributed by atoms with Gasteiger partial charge in [-0.15, -0.1) is 0 Å². The maximum absolute atomic E-state index is 13.4. The monoisotopic (exact) mass is 439 g/mol. The molecule has 2 aliphatic heterocycles. The number of benzene rings is 1. The first-order valence-electron chi connectivity index (χ1n) is 10.8. The quantitative estimate of drug-likeness (QED) is 0.717. The number of carbonyl (C=O) groups is 3. The highest BCUT2D eigenvalue weighted by Crippen LogP contribution is 2.30. The van der Waals surface area contributed by atoms with Crippen LogP contribution in [0.1, 0.15) is 30.7 Å². The van der Waals surface area contributed by atoms with Crippen molar-refractivity contribution in [2.24, 2.45) is 0 Å². The van der Waals surface area contributed by atoms with Crippen LogP contribution >= 0.6 is 0 Å². The van der Waals surface area contributed by atoms with Crippen molar-refractivity contribution in [1.82, 2.24) is 20.2 Å². The Bertz CT molecular complexity index is 1020. The third kappa shape index (κ3) is 4.01. The summed E-state index contributed by atoms with van der Waals surface area (Å²) in [6.07, 6.45) is 1.50. The van der Waals surface area contributed by atoms with Crippen molar-refractivity contribution < 1.29 is 18.8 Å². The summed E-state index contributed by atoms with van der Waals surface area (Å²) >= 11 is 0. The molecule has 1 aromatic carbocycles. The molecule has 1 aromatic heterocycles. The van der Waals surface area contributed by atoms with Gasteiger partial charge >= 0.3 is 6.03 Å². The number of rotatable bonds is 6. The zero-order chi connectivity index (χ0) is 23.0. The zero-order valence-electron chi connectivity index (χ0n) is 18.8. The van der Waals surface area contributed by atoms with E-state index >= 15 is 0 Å². The Hall–Kier alpha value is -3.17. The smallest absolute Gasteiger partial charge is 0.328 e. The van der Waals surface area contributed by atoms with E-state index in [1.54, 1.807) is 12.1 Å². The van der Waals surface area contributed by atoms with Crippen molar-refractivity contribution in [1.29, 1.82) is 0 Å². The number of likely N-dealkylation sites (N-methyl/N-ethyl adjacent to an activating group) is 1. The van der Waals surface area contributed by atoms with Gasteiger partial charge in [-0.25, -0.2) is 15.2 Å². The van der Waals surface area contributed by atoms with Crippen molar-refractivity contribution in [2.75, 3.05) is 18.4 Å². The number of aryl methyl sites for hydroxylation is 2. The topological polar surface area (TPSA) is 98.1 Å². The lowest BCUT2D eigenvalue weighted by Crippen LogP contribution is -2.67. The van der Waals surface area contributed by atoms with Gasteiger partial charge in [0.2, 0.25) is 5.91 Å². The minimum atomic E-state index is -0.573. The lowest BCUT2D eigenvalue weighted by molar-refractivity contribution is -0.140. The number of furan rings is 1. The Morgan fingerprint density at radius 1 is 1.22 bits per heavy atom. The van der Waals surface area contributed by atoms with Crippen LogP contribution in [0.3, 0.4) is 0 Å². The standard InChI is InChI=1S/C23H29N5O4/c1-5-28-21-20(16(4)25-28)26(13-19(29)24-18-11-14(2)8-9-15(18)3)23(31)27(22(21)30)12-17-7-6-10-32-17/h6-11,16,20-21,25H,5,12-13H2,1-4H3,(H,24,29). The van der Waals surface area contributed by atoms with Gasteiger partial charge in [-0.2, -0.15) is 0 Å². The molecule has 2 aromatic rings. The van der Waals surface area contributed by atoms with Crippen LogP contribution in [0.2, 0.25) is 0 Å². The number of nitrogens with zero attached hydrogens (tertiary/aromatic N) is 3. The molecule has 4 amide bonds. The number of anilines is 1. The number of hydrogen-bond donors (Lipinski definition) is 2. The molecule has 4 rings (SSSR count). The van der Waals surface area contributed by atoms with Gasteiger partial charge < -0.3 is 14.6 Å². The van der Waals surface area contributed by atoms with Gasteiger partial charge in [-0.1, -0.05) is 19.1 Å². The fourth-order valence-electron chi connectivity index (χ4n) is 4.51. The van der Waals surface area contributed by atoms with Crippen LogP contribution in [0.25, 0.3) is 0 Å². The normalized spacial score (nSPS) is 23.6. The molecule has 2 N–H and O–H groups in total. The summed E-state index contributed by atoms with van der Waals surface area (Å²) in [6.45, 7) is 8.20. The number of carbonyl (C=O) groups excluding carboxylic acids is 3. The molecule has 170 valence electrons. The number of hydrogen-bond acceptors (Lipinski definition) is 6. The fraction of sp³-hybridized carbons (Fsp3) is 0.435. The number of nitrogens with one attached hydrogen (secondary N) is 2. The molecule has 3 atom stereocenters. The van der Waals surface area contributed by atoms with Crippen molar-refractivity contribution in [2.45, 2.75) is 52.4 Å². The van der Waals surface area contributed by atoms with Crippen LogP contribution in [0.5, 0.6) is 0 Å². The van der Waals surface area contributed by atoms with E-state index in [-0.39, 0.29) is 30.9 Å². The van der Waals surface area contributed by atoms with E-state index in [1.807, 2.05) is 50.9 Å². The Kier molecular flexibility index (Phi) is 6.03. The maximum Gasteiger partial charge on any atom is 0.328 e. The number of urea groups is 1. The van der Waals surface area contributed by atoms with Crippen molar-refractivity contribution in [3.8, 4) is 0 Å². The molecule has 2 aliphatic rings. The first-order chi connectivity index (χ1) is 15.3. The molecule has 0 aliphatic carbocycles. The largest absolute Gasteiger partial charge is 0.467 e. The van der Waals surface area contributed by atoms with Gasteiger partial charge in [0, 0.05) is 18.3 Å². The van der Waals surface area contributed by atoms with E-state index in [9.17, 15) is 14.4 Å². The molecule has 9 heteroatoms. The Labute approximate surface area is 187 Å². The Balaban J connectivity index is 1.60. The van der Waals surface area contributed by atoms with Crippen molar-refractivity contribution in [3.05, 3.63) is 53.5 Å². The number of hydrazine groups is 1. The molecule has 0 radical (unpaired) electrons. The van der Waals surface area contributed by atoms with E-state index in [1.165, 1.54) is 16.1 Å². The van der Waals surface area contributed by atoms with Gasteiger partial charge in [0.05, 0.1) is 18.8 Å². The SMILES string of the molecule is CCN1NC(C)C2C1C(=O)N(Cc1ccco1)C(=O)N2CC(=O)Nc1cc(C)ccc1C. The van der Waals surface area contributed by atoms with Gasteiger partial charge in [-0.05, 0) is 50.1 Å². The minimum Gasteiger partial charge on any atom is -0.467 e. The first kappa shape index (κ1) is 22.0. The van der Waals surface area contributed by atoms with Crippen LogP contribution in [-0.4, -0.2) is 63.9 Å². The molecular weight excluding hydrogens is 410 g/mol. The van der Waals surface area contributed by atoms with E-state index in [4.69, 9.17) is 4.42 Å². The van der Waals surface area contributed by atoms with Gasteiger partial charge in [0.15, 0.2) is 0 Å². The van der Waals surface area contributed by atoms with Crippen LogP contribution in [-0.2, 0) is 16.1 Å². The summed E-state index contributed by atoms with van der Waals surface area (Å²) < 4.78 is 5.37. The van der Waals surface area contributed by atoms with Crippen LogP contribution < -0.4 is 10.7 Å². The predicted octanol–water partition coefficient (Wildman–Crippen LogP) is 2.27. The molecule has 32 heavy (non-hydrogen) atoms. The third-order valence-corrected chi connectivity index (χ3v) is 6.11. The summed E-state index contributed by atoms with van der Waals surface area (Å²) in [7, 11) is 0. The van der Waals surface area contributed by atoms with Gasteiger partial charge in [-0.3, -0.25) is 14.5 Å². The summed E-state index contributed by atoms with van der Waals surface area (Å²) in [6, 6.07) is 7.57. The van der Waals surface area contributed by atoms with Gasteiger partial charge in [0.25, 0.3) is 5.91 Å². The van der Waals surface area contributed by atoms with Crippen molar-refractivity contribution in [3.63, 3.8) is 0 Å². The van der Waals surface area contributed by atoms with E-state index in [0.717, 1.165) is 11.1 Å². The number of amides is 4. The number of imide groups is 1. The number of fused-ring (bicyclic) bond motifs is 1. The summed E-state index contributed by atoms with van der Waals surface area (Å²) in [5.74, 6) is -0.0893. The van der Waals surface area contributed by atoms with Gasteiger partial charge in [0.1, 0.15) is 18.3 Å². The van der Waals surface area contributed by atoms with E-state index < -0.39 is 18.1 Å². The lowest BCUT2D eigenvalue weighted by Gasteiger charge is -2.43. The zero-order valence-corrected chi connectivity index (χ0v) is 18.8. The highest BCUT2D eigenvalue weighted by molar-refractivity contribution is 6.03. The van der Waals surface area contributed by atoms with E-state index in [2.05, 4.69) is 10.7 Å². The average molecular weight is 440 g/mol. The Morgan fingerprint density at radius 3 is 2.69 bits per heavy atom. The second-order valence-electron chi connectivity index (χ2n) is 8.42. The summed E-state index contributed by atoms with van der Waals surface area (Å²) in [5.41, 5.74) is 5.97. The second-order valence-corrected chi connectivity index (χ2v) is 8.42. The molecule has 2 saturated heterocycles. The summed E-state index contributed by atoms with van der Waals surface area (Å²) in [5, 5.41) is 4.76. The minimum absolute atomic E-state index is 0.0227. The molecule has 9 nitrogen and oxygen atoms in total. The lowest BCUT2D eigenvalue weighted by atomic mass is 9.97. The van der Waals surface area contributed by atoms with Crippen LogP contribution in [0.4, 0.5) is 10.5 Å². The molecule has 3 unspecified atom stereocenters. The highest BCUT2D eigenvalue weighted by atomic mass is 16.3. The molecule has 0 saturated carbocycles. The average Bonchev–Trinajstić information content (AvgIpc) is 3.38. The molecular formula is C23H29N5O4. The molecule has 0 bridgehead atoms. The van der Waals surface area contributed by atoms with Crippen molar-refractivity contribution >= 4 is 23.5 Å². The second kappa shape index (κ2) is 8.76. The first-order valence-corrected chi connectivity index (χ1v) is 10.8. The highest BCUT2D eigenvalue weighted by Gasteiger charge is 2.55. The fourth-order valence-corrected chi connectivity index (χ4v) is 4.51. The molecule has 2 fully saturated rings. The van der Waals surface area contributed by atoms with Crippen LogP contribution in [0, 0.1) is 13.8 Å². The van der Waals surface area contributed by atoms with Crippen LogP contribution in [0.15, 0.2) is 41.0 Å². The maximum atomic E-state index is 13.4.